The number of urea groups is 1. The molecule has 122 valence electrons. The number of carbonyl (C=O) groups is 1. The first-order chi connectivity index (χ1) is 10.6. The molecule has 5 nitrogen and oxygen atoms in total. The van der Waals surface area contributed by atoms with Crippen LogP contribution in [0.1, 0.15) is 44.7 Å². The van der Waals surface area contributed by atoms with E-state index in [4.69, 9.17) is 4.74 Å². The van der Waals surface area contributed by atoms with Crippen molar-refractivity contribution in [3.05, 3.63) is 29.8 Å². The third-order valence-corrected chi connectivity index (χ3v) is 4.27. The van der Waals surface area contributed by atoms with E-state index in [0.29, 0.717) is 6.61 Å². The number of para-hydroxylation sites is 1. The maximum atomic E-state index is 12.1. The van der Waals surface area contributed by atoms with E-state index in [1.807, 2.05) is 38.1 Å². The molecule has 0 radical (unpaired) electrons. The molecule has 1 aliphatic rings. The maximum absolute atomic E-state index is 12.1. The van der Waals surface area contributed by atoms with Crippen LogP contribution in [0.15, 0.2) is 24.3 Å². The Hall–Kier alpha value is -1.75. The molecule has 0 saturated carbocycles. The molecule has 0 aliphatic carbocycles. The molecule has 0 saturated heterocycles. The minimum atomic E-state index is -0.513. The molecule has 1 heterocycles. The monoisotopic (exact) mass is 306 g/mol. The van der Waals surface area contributed by atoms with Gasteiger partial charge in [-0.15, -0.1) is 0 Å². The number of aliphatic hydroxyl groups excluding tert-OH is 1. The Morgan fingerprint density at radius 1 is 1.45 bits per heavy atom. The van der Waals surface area contributed by atoms with Gasteiger partial charge in [-0.05, 0) is 24.8 Å². The minimum absolute atomic E-state index is 0.0561. The highest BCUT2D eigenvalue weighted by Gasteiger charge is 2.21. The maximum Gasteiger partial charge on any atom is 0.315 e. The van der Waals surface area contributed by atoms with Crippen molar-refractivity contribution in [2.45, 2.75) is 45.3 Å². The second kappa shape index (κ2) is 8.03. The van der Waals surface area contributed by atoms with Gasteiger partial charge in [0.2, 0.25) is 0 Å². The van der Waals surface area contributed by atoms with Crippen LogP contribution in [0.2, 0.25) is 0 Å². The lowest BCUT2D eigenvalue weighted by molar-refractivity contribution is 0.114. The molecular formula is C17H26N2O3. The lowest BCUT2D eigenvalue weighted by Gasteiger charge is -2.21. The van der Waals surface area contributed by atoms with Crippen LogP contribution in [0.5, 0.6) is 5.75 Å². The summed E-state index contributed by atoms with van der Waals surface area (Å²) in [6.07, 6.45) is 2.12. The highest BCUT2D eigenvalue weighted by molar-refractivity contribution is 5.74. The zero-order valence-electron chi connectivity index (χ0n) is 13.3. The van der Waals surface area contributed by atoms with Gasteiger partial charge in [0.1, 0.15) is 5.75 Å². The average molecular weight is 306 g/mol. The van der Waals surface area contributed by atoms with E-state index in [1.165, 1.54) is 0 Å². The molecule has 3 unspecified atom stereocenters. The van der Waals surface area contributed by atoms with Gasteiger partial charge in [0.05, 0.1) is 18.8 Å². The first-order valence-electron chi connectivity index (χ1n) is 8.06. The van der Waals surface area contributed by atoms with E-state index in [-0.39, 0.29) is 24.5 Å². The van der Waals surface area contributed by atoms with E-state index in [0.717, 1.165) is 30.6 Å². The Morgan fingerprint density at radius 3 is 3.00 bits per heavy atom. The SMILES string of the molecule is CCC(C)C(O)CNC(=O)NC1CCCOc2ccccc21. The molecule has 0 spiro atoms. The van der Waals surface area contributed by atoms with Gasteiger partial charge in [-0.3, -0.25) is 0 Å². The number of nitrogens with one attached hydrogen (secondary N) is 2. The predicted molar refractivity (Wildman–Crippen MR) is 85.9 cm³/mol. The summed E-state index contributed by atoms with van der Waals surface area (Å²) in [6.45, 7) is 4.94. The summed E-state index contributed by atoms with van der Waals surface area (Å²) < 4.78 is 5.69. The van der Waals surface area contributed by atoms with Gasteiger partial charge in [0.15, 0.2) is 0 Å². The number of ether oxygens (including phenoxy) is 1. The third kappa shape index (κ3) is 4.37. The summed E-state index contributed by atoms with van der Waals surface area (Å²) in [5, 5.41) is 15.7. The lowest BCUT2D eigenvalue weighted by Crippen LogP contribution is -2.42. The molecule has 1 aromatic rings. The van der Waals surface area contributed by atoms with Crippen molar-refractivity contribution in [3.63, 3.8) is 0 Å². The summed E-state index contributed by atoms with van der Waals surface area (Å²) in [7, 11) is 0. The van der Waals surface area contributed by atoms with Crippen LogP contribution in [0.25, 0.3) is 0 Å². The topological polar surface area (TPSA) is 70.6 Å². The Labute approximate surface area is 132 Å². The fourth-order valence-corrected chi connectivity index (χ4v) is 2.55. The van der Waals surface area contributed by atoms with E-state index in [1.54, 1.807) is 0 Å². The molecule has 1 aliphatic heterocycles. The number of aliphatic hydroxyl groups is 1. The Morgan fingerprint density at radius 2 is 2.23 bits per heavy atom. The van der Waals surface area contributed by atoms with Crippen molar-refractivity contribution in [3.8, 4) is 5.75 Å². The molecule has 3 N–H and O–H groups in total. The van der Waals surface area contributed by atoms with Crippen LogP contribution < -0.4 is 15.4 Å². The molecule has 0 aromatic heterocycles. The Balaban J connectivity index is 1.91. The summed E-state index contributed by atoms with van der Waals surface area (Å²) in [5.74, 6) is 1.01. The fraction of sp³-hybridized carbons (Fsp3) is 0.588. The van der Waals surface area contributed by atoms with Crippen molar-refractivity contribution in [1.29, 1.82) is 0 Å². The van der Waals surface area contributed by atoms with Gasteiger partial charge in [-0.1, -0.05) is 38.5 Å². The zero-order chi connectivity index (χ0) is 15.9. The Bertz CT molecular complexity index is 493. The van der Waals surface area contributed by atoms with E-state index in [9.17, 15) is 9.90 Å². The standard InChI is InChI=1S/C17H26N2O3/c1-3-12(2)15(20)11-18-17(21)19-14-8-6-10-22-16-9-5-4-7-13(14)16/h4-5,7,9,12,14-15,20H,3,6,8,10-11H2,1-2H3,(H2,18,19,21). The number of fused-ring (bicyclic) bond motifs is 1. The molecule has 22 heavy (non-hydrogen) atoms. The van der Waals surface area contributed by atoms with Gasteiger partial charge in [0.25, 0.3) is 0 Å². The second-order valence-corrected chi connectivity index (χ2v) is 5.89. The zero-order valence-corrected chi connectivity index (χ0v) is 13.3. The van der Waals surface area contributed by atoms with Gasteiger partial charge < -0.3 is 20.5 Å². The van der Waals surface area contributed by atoms with Crippen molar-refractivity contribution < 1.29 is 14.6 Å². The number of amides is 2. The van der Waals surface area contributed by atoms with Crippen LogP contribution in [0.4, 0.5) is 4.79 Å². The van der Waals surface area contributed by atoms with Crippen LogP contribution in [0.3, 0.4) is 0 Å². The average Bonchev–Trinajstić information content (AvgIpc) is 2.74. The highest BCUT2D eigenvalue weighted by atomic mass is 16.5. The molecule has 0 fully saturated rings. The number of rotatable bonds is 5. The van der Waals surface area contributed by atoms with Crippen LogP contribution in [-0.2, 0) is 0 Å². The smallest absolute Gasteiger partial charge is 0.315 e. The van der Waals surface area contributed by atoms with E-state index < -0.39 is 6.10 Å². The van der Waals surface area contributed by atoms with Gasteiger partial charge in [-0.2, -0.15) is 0 Å². The van der Waals surface area contributed by atoms with Crippen molar-refractivity contribution in [2.75, 3.05) is 13.2 Å². The van der Waals surface area contributed by atoms with E-state index in [2.05, 4.69) is 10.6 Å². The molecule has 5 heteroatoms. The lowest BCUT2D eigenvalue weighted by atomic mass is 10.0. The van der Waals surface area contributed by atoms with Crippen LogP contribution >= 0.6 is 0 Å². The van der Waals surface area contributed by atoms with Crippen LogP contribution in [-0.4, -0.2) is 30.4 Å². The predicted octanol–water partition coefficient (Wildman–Crippen LogP) is 2.61. The number of carbonyl (C=O) groups excluding carboxylic acids is 1. The summed E-state index contributed by atoms with van der Waals surface area (Å²) in [5.41, 5.74) is 1.01. The highest BCUT2D eigenvalue weighted by Crippen LogP contribution is 2.30. The first kappa shape index (κ1) is 16.6. The normalized spacial score (nSPS) is 20.0. The molecule has 1 aromatic carbocycles. The summed E-state index contributed by atoms with van der Waals surface area (Å²) in [6, 6.07) is 7.50. The number of benzene rings is 1. The van der Waals surface area contributed by atoms with Gasteiger partial charge >= 0.3 is 6.03 Å². The molecule has 2 amide bonds. The van der Waals surface area contributed by atoms with Crippen molar-refractivity contribution >= 4 is 6.03 Å². The first-order valence-corrected chi connectivity index (χ1v) is 8.06. The van der Waals surface area contributed by atoms with Gasteiger partial charge in [0, 0.05) is 12.1 Å². The molecule has 0 bridgehead atoms. The van der Waals surface area contributed by atoms with Crippen LogP contribution in [0, 0.1) is 5.92 Å². The largest absolute Gasteiger partial charge is 0.493 e. The van der Waals surface area contributed by atoms with Crippen molar-refractivity contribution in [2.24, 2.45) is 5.92 Å². The molecule has 2 rings (SSSR count). The third-order valence-electron chi connectivity index (χ3n) is 4.27. The fourth-order valence-electron chi connectivity index (χ4n) is 2.55. The number of hydrogen-bond donors (Lipinski definition) is 3. The second-order valence-electron chi connectivity index (χ2n) is 5.89. The van der Waals surface area contributed by atoms with E-state index >= 15 is 0 Å². The summed E-state index contributed by atoms with van der Waals surface area (Å²) >= 11 is 0. The summed E-state index contributed by atoms with van der Waals surface area (Å²) in [4.78, 5) is 12.1. The minimum Gasteiger partial charge on any atom is -0.493 e. The number of hydrogen-bond acceptors (Lipinski definition) is 3. The molecular weight excluding hydrogens is 280 g/mol. The van der Waals surface area contributed by atoms with Crippen molar-refractivity contribution in [1.82, 2.24) is 10.6 Å². The molecule has 3 atom stereocenters. The Kier molecular flexibility index (Phi) is 6.07. The quantitative estimate of drug-likeness (QED) is 0.783. The van der Waals surface area contributed by atoms with Gasteiger partial charge in [-0.25, -0.2) is 4.79 Å².